The molecule has 6 rings (SSSR count). The van der Waals surface area contributed by atoms with Crippen LogP contribution in [-0.2, 0) is 16.0 Å². The van der Waals surface area contributed by atoms with Crippen molar-refractivity contribution in [1.82, 2.24) is 19.5 Å². The van der Waals surface area contributed by atoms with Gasteiger partial charge in [-0.2, -0.15) is 0 Å². The molecule has 2 fully saturated rings. The Hall–Kier alpha value is -3.72. The van der Waals surface area contributed by atoms with Crippen molar-refractivity contribution >= 4 is 27.9 Å². The zero-order chi connectivity index (χ0) is 27.6. The van der Waals surface area contributed by atoms with Crippen molar-refractivity contribution in [3.05, 3.63) is 84.4 Å². The molecular formula is C30H33BrN4O4. The highest BCUT2D eigenvalue weighted by atomic mass is 79.9. The maximum absolute atomic E-state index is 11.6. The quantitative estimate of drug-likeness (QED) is 0.197. The number of carbonyl (C=O) groups is 2. The van der Waals surface area contributed by atoms with Crippen LogP contribution in [0.2, 0.25) is 0 Å². The number of rotatable bonds is 7. The summed E-state index contributed by atoms with van der Waals surface area (Å²) in [7, 11) is 2.72. The van der Waals surface area contributed by atoms with Crippen molar-refractivity contribution in [2.24, 2.45) is 11.8 Å². The van der Waals surface area contributed by atoms with E-state index in [0.717, 1.165) is 35.3 Å². The van der Waals surface area contributed by atoms with Gasteiger partial charge in [0.05, 0.1) is 20.4 Å². The average molecular weight is 594 g/mol. The average Bonchev–Trinajstić information content (AvgIpc) is 3.91. The molecule has 4 aromatic rings. The number of benzene rings is 2. The van der Waals surface area contributed by atoms with Crippen LogP contribution in [0, 0.1) is 11.8 Å². The summed E-state index contributed by atoms with van der Waals surface area (Å²) in [4.78, 5) is 34.2. The summed E-state index contributed by atoms with van der Waals surface area (Å²) in [6.45, 7) is 0.925. The molecule has 2 aromatic heterocycles. The predicted molar refractivity (Wildman–Crippen MR) is 154 cm³/mol. The molecule has 9 heteroatoms. The lowest BCUT2D eigenvalue weighted by atomic mass is 10.2. The summed E-state index contributed by atoms with van der Waals surface area (Å²) < 4.78 is 11.4. The van der Waals surface area contributed by atoms with Gasteiger partial charge in [0.1, 0.15) is 17.3 Å². The Morgan fingerprint density at radius 1 is 0.897 bits per heavy atom. The van der Waals surface area contributed by atoms with E-state index < -0.39 is 5.97 Å². The number of nitrogens with one attached hydrogen (secondary N) is 1. The van der Waals surface area contributed by atoms with Crippen LogP contribution in [-0.4, -0.2) is 51.0 Å². The van der Waals surface area contributed by atoms with Crippen LogP contribution < -0.4 is 0 Å². The van der Waals surface area contributed by atoms with Gasteiger partial charge in [0.2, 0.25) is 0 Å². The molecule has 0 atom stereocenters. The first-order chi connectivity index (χ1) is 19.0. The van der Waals surface area contributed by atoms with Crippen molar-refractivity contribution in [3.63, 3.8) is 0 Å². The SMILES string of the molecule is BrCC1CC1.COC(=O)c1cn(CC2CC2)c(-c2ccccc2)n1.COC(=O)c1cnc(-c2ccccc2)[nH]1. The van der Waals surface area contributed by atoms with Crippen LogP contribution >= 0.6 is 15.9 Å². The Labute approximate surface area is 236 Å². The van der Waals surface area contributed by atoms with E-state index in [-0.39, 0.29) is 5.97 Å². The first-order valence-corrected chi connectivity index (χ1v) is 14.1. The van der Waals surface area contributed by atoms with Crippen LogP contribution in [0.3, 0.4) is 0 Å². The molecule has 2 heterocycles. The molecule has 0 bridgehead atoms. The molecule has 0 unspecified atom stereocenters. The Balaban J connectivity index is 0.000000157. The lowest BCUT2D eigenvalue weighted by molar-refractivity contribution is 0.0586. The molecular weight excluding hydrogens is 560 g/mol. The topological polar surface area (TPSA) is 99.1 Å². The van der Waals surface area contributed by atoms with Gasteiger partial charge in [-0.05, 0) is 37.5 Å². The first-order valence-electron chi connectivity index (χ1n) is 13.0. The summed E-state index contributed by atoms with van der Waals surface area (Å²) in [5, 5.41) is 1.23. The zero-order valence-corrected chi connectivity index (χ0v) is 23.8. The molecule has 8 nitrogen and oxygen atoms in total. The number of carbonyl (C=O) groups excluding carboxylic acids is 2. The summed E-state index contributed by atoms with van der Waals surface area (Å²) in [6, 6.07) is 19.5. The second-order valence-corrected chi connectivity index (χ2v) is 10.2. The van der Waals surface area contributed by atoms with Crippen molar-refractivity contribution in [1.29, 1.82) is 0 Å². The fraction of sp³-hybridized carbons (Fsp3) is 0.333. The van der Waals surface area contributed by atoms with Gasteiger partial charge in [0.25, 0.3) is 0 Å². The number of aromatic nitrogens is 4. The van der Waals surface area contributed by atoms with Crippen LogP contribution in [0.15, 0.2) is 73.1 Å². The van der Waals surface area contributed by atoms with Crippen molar-refractivity contribution < 1.29 is 19.1 Å². The number of ether oxygens (including phenoxy) is 2. The lowest BCUT2D eigenvalue weighted by Gasteiger charge is -2.06. The number of nitrogens with zero attached hydrogens (tertiary/aromatic N) is 3. The minimum absolute atomic E-state index is 0.358. The van der Waals surface area contributed by atoms with Gasteiger partial charge >= 0.3 is 11.9 Å². The van der Waals surface area contributed by atoms with E-state index >= 15 is 0 Å². The fourth-order valence-corrected chi connectivity index (χ4v) is 4.35. The van der Waals surface area contributed by atoms with Crippen LogP contribution in [0.25, 0.3) is 22.8 Å². The zero-order valence-electron chi connectivity index (χ0n) is 22.2. The van der Waals surface area contributed by atoms with Gasteiger partial charge in [-0.1, -0.05) is 76.6 Å². The number of alkyl halides is 1. The molecule has 0 spiro atoms. The van der Waals surface area contributed by atoms with Crippen molar-refractivity contribution in [2.75, 3.05) is 19.5 Å². The number of hydrogen-bond donors (Lipinski definition) is 1. The summed E-state index contributed by atoms with van der Waals surface area (Å²) in [5.41, 5.74) is 2.70. The third kappa shape index (κ3) is 8.38. The Morgan fingerprint density at radius 3 is 2.00 bits per heavy atom. The van der Waals surface area contributed by atoms with Gasteiger partial charge in [-0.3, -0.25) is 0 Å². The van der Waals surface area contributed by atoms with E-state index in [9.17, 15) is 9.59 Å². The maximum Gasteiger partial charge on any atom is 0.358 e. The van der Waals surface area contributed by atoms with Crippen LogP contribution in [0.5, 0.6) is 0 Å². The number of esters is 2. The third-order valence-corrected chi connectivity index (χ3v) is 7.21. The molecule has 2 aliphatic rings. The monoisotopic (exact) mass is 592 g/mol. The van der Waals surface area contributed by atoms with Gasteiger partial charge in [0.15, 0.2) is 5.69 Å². The summed E-state index contributed by atoms with van der Waals surface area (Å²) >= 11 is 3.38. The van der Waals surface area contributed by atoms with Gasteiger partial charge in [-0.15, -0.1) is 0 Å². The maximum atomic E-state index is 11.6. The second-order valence-electron chi connectivity index (χ2n) is 9.50. The number of halogens is 1. The summed E-state index contributed by atoms with van der Waals surface area (Å²) in [5.74, 6) is 2.48. The molecule has 1 N–H and O–H groups in total. The molecule has 0 saturated heterocycles. The Kier molecular flexibility index (Phi) is 10.1. The number of H-pyrrole nitrogens is 1. The minimum Gasteiger partial charge on any atom is -0.464 e. The largest absolute Gasteiger partial charge is 0.464 e. The Morgan fingerprint density at radius 2 is 1.49 bits per heavy atom. The number of methoxy groups -OCH3 is 2. The van der Waals surface area contributed by atoms with E-state index in [2.05, 4.69) is 40.2 Å². The minimum atomic E-state index is -0.412. The van der Waals surface area contributed by atoms with Crippen LogP contribution in [0.1, 0.15) is 46.7 Å². The van der Waals surface area contributed by atoms with Crippen LogP contribution in [0.4, 0.5) is 0 Å². The first kappa shape index (κ1) is 28.3. The standard InChI is InChI=1S/C15H16N2O2.C11H10N2O2.C4H7Br/c1-19-15(18)13-10-17(9-11-7-8-11)14(16-13)12-5-3-2-4-6-12;1-15-11(14)9-7-12-10(13-9)8-5-3-2-4-6-8;5-3-4-1-2-4/h2-6,10-11H,7-9H2,1H3;2-7H,1H3,(H,12,13);4H,1-3H2. The lowest BCUT2D eigenvalue weighted by Crippen LogP contribution is -2.01. The number of aromatic amines is 1. The highest BCUT2D eigenvalue weighted by Gasteiger charge is 2.24. The third-order valence-electron chi connectivity index (χ3n) is 6.30. The molecule has 2 aromatic carbocycles. The van der Waals surface area contributed by atoms with Gasteiger partial charge in [-0.25, -0.2) is 19.6 Å². The number of imidazole rings is 2. The molecule has 39 heavy (non-hydrogen) atoms. The molecule has 2 saturated carbocycles. The smallest absolute Gasteiger partial charge is 0.358 e. The molecule has 2 aliphatic carbocycles. The Bertz CT molecular complexity index is 1350. The van der Waals surface area contributed by atoms with Gasteiger partial charge < -0.3 is 19.0 Å². The normalized spacial score (nSPS) is 13.8. The second kappa shape index (κ2) is 13.9. The van der Waals surface area contributed by atoms with Crippen molar-refractivity contribution in [3.8, 4) is 22.8 Å². The van der Waals surface area contributed by atoms with Crippen molar-refractivity contribution in [2.45, 2.75) is 32.2 Å². The number of hydrogen-bond acceptors (Lipinski definition) is 6. The molecule has 0 amide bonds. The molecule has 0 radical (unpaired) electrons. The van der Waals surface area contributed by atoms with E-state index in [1.807, 2.05) is 60.7 Å². The van der Waals surface area contributed by atoms with E-state index in [4.69, 9.17) is 4.74 Å². The predicted octanol–water partition coefficient (Wildman–Crippen LogP) is 6.40. The molecule has 204 valence electrons. The highest BCUT2D eigenvalue weighted by molar-refractivity contribution is 9.09. The van der Waals surface area contributed by atoms with E-state index in [1.165, 1.54) is 51.4 Å². The van der Waals surface area contributed by atoms with Gasteiger partial charge in [0, 0.05) is 29.2 Å². The fourth-order valence-electron chi connectivity index (χ4n) is 3.70. The molecule has 0 aliphatic heterocycles. The van der Waals surface area contributed by atoms with E-state index in [0.29, 0.717) is 17.2 Å². The highest BCUT2D eigenvalue weighted by Crippen LogP contribution is 2.32. The summed E-state index contributed by atoms with van der Waals surface area (Å²) in [6.07, 6.45) is 8.72. The van der Waals surface area contributed by atoms with E-state index in [1.54, 1.807) is 6.20 Å².